The molecular weight excluding hydrogens is 343 g/mol. The minimum Gasteiger partial charge on any atom is -0.294 e. The van der Waals surface area contributed by atoms with E-state index in [4.69, 9.17) is 0 Å². The number of thiophene rings is 1. The van der Waals surface area contributed by atoms with E-state index in [1.807, 2.05) is 19.9 Å². The average Bonchev–Trinajstić information content (AvgIpc) is 2.91. The molecule has 1 heterocycles. The third-order valence-electron chi connectivity index (χ3n) is 3.54. The second kappa shape index (κ2) is 8.53. The maximum atomic E-state index is 12.8. The van der Waals surface area contributed by atoms with Crippen molar-refractivity contribution < 1.29 is 18.8 Å². The highest BCUT2D eigenvalue weighted by Gasteiger charge is 2.14. The molecule has 0 aliphatic carbocycles. The van der Waals surface area contributed by atoms with Crippen LogP contribution in [0, 0.1) is 19.7 Å². The van der Waals surface area contributed by atoms with Gasteiger partial charge in [0.15, 0.2) is 5.78 Å². The van der Waals surface area contributed by atoms with Gasteiger partial charge in [0.25, 0.3) is 0 Å². The predicted octanol–water partition coefficient (Wildman–Crippen LogP) is 2.86. The van der Waals surface area contributed by atoms with Gasteiger partial charge in [-0.25, -0.2) is 4.39 Å². The van der Waals surface area contributed by atoms with Crippen molar-refractivity contribution in [2.75, 3.05) is 0 Å². The van der Waals surface area contributed by atoms with Crippen LogP contribution < -0.4 is 10.9 Å². The number of carbonyl (C=O) groups excluding carboxylic acids is 3. The van der Waals surface area contributed by atoms with E-state index in [2.05, 4.69) is 10.9 Å². The van der Waals surface area contributed by atoms with Gasteiger partial charge in [0.05, 0.1) is 6.42 Å². The Morgan fingerprint density at radius 1 is 1.00 bits per heavy atom. The molecule has 0 unspecified atom stereocenters. The van der Waals surface area contributed by atoms with E-state index in [1.54, 1.807) is 11.3 Å². The van der Waals surface area contributed by atoms with Crippen LogP contribution in [-0.4, -0.2) is 17.6 Å². The zero-order chi connectivity index (χ0) is 18.4. The van der Waals surface area contributed by atoms with E-state index in [-0.39, 0.29) is 30.9 Å². The number of benzene rings is 1. The smallest absolute Gasteiger partial charge is 0.242 e. The van der Waals surface area contributed by atoms with E-state index < -0.39 is 11.8 Å². The highest BCUT2D eigenvalue weighted by Crippen LogP contribution is 2.22. The van der Waals surface area contributed by atoms with Crippen molar-refractivity contribution in [3.63, 3.8) is 0 Å². The SMILES string of the molecule is Cc1cc(C(=O)CCC(=O)NNC(=O)Cc2ccc(F)cc2)c(C)s1. The maximum Gasteiger partial charge on any atom is 0.242 e. The number of hydrogen-bond acceptors (Lipinski definition) is 4. The molecule has 5 nitrogen and oxygen atoms in total. The molecule has 0 radical (unpaired) electrons. The fraction of sp³-hybridized carbons (Fsp3) is 0.278. The number of rotatable bonds is 6. The average molecular weight is 362 g/mol. The molecule has 0 spiro atoms. The lowest BCUT2D eigenvalue weighted by atomic mass is 10.1. The molecule has 1 aromatic carbocycles. The van der Waals surface area contributed by atoms with Crippen LogP contribution in [0.1, 0.15) is 38.5 Å². The van der Waals surface area contributed by atoms with Gasteiger partial charge >= 0.3 is 0 Å². The van der Waals surface area contributed by atoms with Gasteiger partial charge in [-0.15, -0.1) is 11.3 Å². The lowest BCUT2D eigenvalue weighted by molar-refractivity contribution is -0.128. The second-order valence-electron chi connectivity index (χ2n) is 5.65. The van der Waals surface area contributed by atoms with E-state index in [0.29, 0.717) is 11.1 Å². The minimum absolute atomic E-state index is 0.00992. The van der Waals surface area contributed by atoms with Gasteiger partial charge < -0.3 is 0 Å². The molecule has 0 aliphatic rings. The topological polar surface area (TPSA) is 75.3 Å². The molecule has 1 aromatic heterocycles. The first kappa shape index (κ1) is 18.8. The Morgan fingerprint density at radius 3 is 2.24 bits per heavy atom. The summed E-state index contributed by atoms with van der Waals surface area (Å²) in [6.45, 7) is 3.80. The summed E-state index contributed by atoms with van der Waals surface area (Å²) in [5.41, 5.74) is 5.84. The van der Waals surface area contributed by atoms with E-state index in [9.17, 15) is 18.8 Å². The van der Waals surface area contributed by atoms with Gasteiger partial charge in [0.2, 0.25) is 11.8 Å². The van der Waals surface area contributed by atoms with Crippen LogP contribution in [0.3, 0.4) is 0 Å². The summed E-state index contributed by atoms with van der Waals surface area (Å²) in [7, 11) is 0. The highest BCUT2D eigenvalue weighted by atomic mass is 32.1. The predicted molar refractivity (Wildman–Crippen MR) is 93.7 cm³/mol. The first-order chi connectivity index (χ1) is 11.8. The van der Waals surface area contributed by atoms with Crippen LogP contribution in [-0.2, 0) is 16.0 Å². The standard InChI is InChI=1S/C18H19FN2O3S/c1-11-9-15(12(2)25-11)16(22)7-8-17(23)20-21-18(24)10-13-3-5-14(19)6-4-13/h3-6,9H,7-8,10H2,1-2H3,(H,20,23)(H,21,24). The number of hydrogen-bond donors (Lipinski definition) is 2. The summed E-state index contributed by atoms with van der Waals surface area (Å²) in [4.78, 5) is 37.6. The van der Waals surface area contributed by atoms with Crippen molar-refractivity contribution in [1.82, 2.24) is 10.9 Å². The molecule has 0 aliphatic heterocycles. The molecule has 2 aromatic rings. The van der Waals surface area contributed by atoms with Gasteiger partial charge in [-0.3, -0.25) is 25.2 Å². The van der Waals surface area contributed by atoms with Crippen LogP contribution in [0.25, 0.3) is 0 Å². The van der Waals surface area contributed by atoms with Crippen LogP contribution in [0.4, 0.5) is 4.39 Å². The molecule has 2 rings (SSSR count). The molecule has 7 heteroatoms. The van der Waals surface area contributed by atoms with Gasteiger partial charge in [0.1, 0.15) is 5.82 Å². The highest BCUT2D eigenvalue weighted by molar-refractivity contribution is 7.12. The van der Waals surface area contributed by atoms with Crippen molar-refractivity contribution in [3.05, 3.63) is 57.0 Å². The third-order valence-corrected chi connectivity index (χ3v) is 4.51. The fourth-order valence-corrected chi connectivity index (χ4v) is 3.25. The Labute approximate surface area is 149 Å². The molecule has 2 N–H and O–H groups in total. The Balaban J connectivity index is 1.73. The summed E-state index contributed by atoms with van der Waals surface area (Å²) in [6.07, 6.45) is 0.0908. The normalized spacial score (nSPS) is 10.4. The monoisotopic (exact) mass is 362 g/mol. The summed E-state index contributed by atoms with van der Waals surface area (Å²) in [5.74, 6) is -1.33. The van der Waals surface area contributed by atoms with E-state index >= 15 is 0 Å². The second-order valence-corrected chi connectivity index (χ2v) is 7.11. The van der Waals surface area contributed by atoms with Crippen molar-refractivity contribution in [3.8, 4) is 0 Å². The molecule has 0 atom stereocenters. The minimum atomic E-state index is -0.439. The summed E-state index contributed by atoms with van der Waals surface area (Å²) in [6, 6.07) is 7.35. The lowest BCUT2D eigenvalue weighted by Crippen LogP contribution is -2.42. The number of nitrogens with one attached hydrogen (secondary N) is 2. The number of amides is 2. The molecule has 0 saturated carbocycles. The van der Waals surface area contributed by atoms with Gasteiger partial charge in [-0.1, -0.05) is 12.1 Å². The molecule has 0 bridgehead atoms. The largest absolute Gasteiger partial charge is 0.294 e. The molecule has 0 saturated heterocycles. The molecule has 0 fully saturated rings. The first-order valence-corrected chi connectivity index (χ1v) is 8.59. The Kier molecular flexibility index (Phi) is 6.41. The molecule has 2 amide bonds. The Hall–Kier alpha value is -2.54. The van der Waals surface area contributed by atoms with Crippen LogP contribution in [0.5, 0.6) is 0 Å². The van der Waals surface area contributed by atoms with Crippen molar-refractivity contribution in [1.29, 1.82) is 0 Å². The molecule has 25 heavy (non-hydrogen) atoms. The zero-order valence-corrected chi connectivity index (χ0v) is 14.8. The van der Waals surface area contributed by atoms with Gasteiger partial charge in [0, 0.05) is 28.2 Å². The lowest BCUT2D eigenvalue weighted by Gasteiger charge is -2.07. The van der Waals surface area contributed by atoms with Crippen LogP contribution >= 0.6 is 11.3 Å². The Morgan fingerprint density at radius 2 is 1.64 bits per heavy atom. The number of Topliss-reactive ketones (excluding diaryl/α,β-unsaturated/α-hetero) is 1. The van der Waals surface area contributed by atoms with Gasteiger partial charge in [-0.2, -0.15) is 0 Å². The fourth-order valence-electron chi connectivity index (χ4n) is 2.30. The van der Waals surface area contributed by atoms with Crippen molar-refractivity contribution in [2.24, 2.45) is 0 Å². The maximum absolute atomic E-state index is 12.8. The van der Waals surface area contributed by atoms with Crippen molar-refractivity contribution in [2.45, 2.75) is 33.1 Å². The summed E-state index contributed by atoms with van der Waals surface area (Å²) in [5, 5.41) is 0. The van der Waals surface area contributed by atoms with Crippen LogP contribution in [0.2, 0.25) is 0 Å². The van der Waals surface area contributed by atoms with Crippen LogP contribution in [0.15, 0.2) is 30.3 Å². The number of aryl methyl sites for hydroxylation is 2. The summed E-state index contributed by atoms with van der Waals surface area (Å²) >= 11 is 1.55. The summed E-state index contributed by atoms with van der Waals surface area (Å²) < 4.78 is 12.8. The zero-order valence-electron chi connectivity index (χ0n) is 14.0. The van der Waals surface area contributed by atoms with E-state index in [0.717, 1.165) is 9.75 Å². The van der Waals surface area contributed by atoms with E-state index in [1.165, 1.54) is 24.3 Å². The number of carbonyl (C=O) groups is 3. The number of hydrazine groups is 1. The third kappa shape index (κ3) is 5.79. The Bertz CT molecular complexity index is 784. The number of halogens is 1. The number of ketones is 1. The quantitative estimate of drug-likeness (QED) is 0.613. The molecule has 132 valence electrons. The van der Waals surface area contributed by atoms with Gasteiger partial charge in [-0.05, 0) is 37.6 Å². The first-order valence-electron chi connectivity index (χ1n) is 7.77. The van der Waals surface area contributed by atoms with Crippen molar-refractivity contribution >= 4 is 28.9 Å². The molecular formula is C18H19FN2O3S.